The summed E-state index contributed by atoms with van der Waals surface area (Å²) in [5, 5.41) is 15.7. The highest BCUT2D eigenvalue weighted by Crippen LogP contribution is 2.37. The van der Waals surface area contributed by atoms with Crippen LogP contribution in [-0.2, 0) is 22.6 Å². The SMILES string of the molecule is O=C(COc1cccc2c1OCC(=O)N2)NCC(O)CN1CCc2ccccc2C1. The van der Waals surface area contributed by atoms with E-state index in [1.54, 1.807) is 18.2 Å². The maximum atomic E-state index is 12.1. The van der Waals surface area contributed by atoms with Gasteiger partial charge in [-0.2, -0.15) is 0 Å². The molecule has 3 N–H and O–H groups in total. The zero-order valence-corrected chi connectivity index (χ0v) is 16.6. The lowest BCUT2D eigenvalue weighted by Crippen LogP contribution is -2.42. The molecule has 2 aromatic carbocycles. The molecule has 8 nitrogen and oxygen atoms in total. The van der Waals surface area contributed by atoms with Crippen LogP contribution in [0.4, 0.5) is 5.69 Å². The molecule has 0 aliphatic carbocycles. The molecule has 0 saturated carbocycles. The van der Waals surface area contributed by atoms with Gasteiger partial charge in [0, 0.05) is 26.2 Å². The molecule has 0 aromatic heterocycles. The smallest absolute Gasteiger partial charge is 0.262 e. The summed E-state index contributed by atoms with van der Waals surface area (Å²) in [6.45, 7) is 2.04. The first-order chi connectivity index (χ1) is 14.6. The Bertz CT molecular complexity index is 933. The van der Waals surface area contributed by atoms with Gasteiger partial charge in [0.25, 0.3) is 11.8 Å². The van der Waals surface area contributed by atoms with Gasteiger partial charge in [0.1, 0.15) is 0 Å². The van der Waals surface area contributed by atoms with Crippen LogP contribution in [0, 0.1) is 0 Å². The minimum Gasteiger partial charge on any atom is -0.480 e. The minimum absolute atomic E-state index is 0.0905. The Morgan fingerprint density at radius 3 is 2.93 bits per heavy atom. The Hall–Kier alpha value is -3.10. The molecular formula is C22H25N3O5. The highest BCUT2D eigenvalue weighted by molar-refractivity contribution is 5.96. The van der Waals surface area contributed by atoms with Gasteiger partial charge >= 0.3 is 0 Å². The molecular weight excluding hydrogens is 386 g/mol. The van der Waals surface area contributed by atoms with E-state index in [1.165, 1.54) is 11.1 Å². The van der Waals surface area contributed by atoms with E-state index in [0.29, 0.717) is 23.7 Å². The van der Waals surface area contributed by atoms with Crippen molar-refractivity contribution in [2.24, 2.45) is 0 Å². The molecule has 0 fully saturated rings. The zero-order chi connectivity index (χ0) is 20.9. The lowest BCUT2D eigenvalue weighted by atomic mass is 10.00. The molecule has 2 amide bonds. The average Bonchev–Trinajstić information content (AvgIpc) is 2.76. The fourth-order valence-electron chi connectivity index (χ4n) is 3.70. The summed E-state index contributed by atoms with van der Waals surface area (Å²) >= 11 is 0. The number of para-hydroxylation sites is 1. The number of anilines is 1. The highest BCUT2D eigenvalue weighted by Gasteiger charge is 2.21. The van der Waals surface area contributed by atoms with Crippen molar-refractivity contribution in [1.29, 1.82) is 0 Å². The van der Waals surface area contributed by atoms with Gasteiger partial charge in [-0.05, 0) is 29.7 Å². The monoisotopic (exact) mass is 411 g/mol. The molecule has 0 radical (unpaired) electrons. The number of nitrogens with one attached hydrogen (secondary N) is 2. The number of hydrogen-bond acceptors (Lipinski definition) is 6. The molecule has 2 heterocycles. The third kappa shape index (κ3) is 4.90. The number of nitrogens with zero attached hydrogens (tertiary/aromatic N) is 1. The van der Waals surface area contributed by atoms with Gasteiger partial charge in [0.05, 0.1) is 11.8 Å². The summed E-state index contributed by atoms with van der Waals surface area (Å²) in [7, 11) is 0. The lowest BCUT2D eigenvalue weighted by Gasteiger charge is -2.30. The van der Waals surface area contributed by atoms with Crippen molar-refractivity contribution >= 4 is 17.5 Å². The Kier molecular flexibility index (Phi) is 6.15. The number of benzene rings is 2. The first-order valence-corrected chi connectivity index (χ1v) is 10.0. The second kappa shape index (κ2) is 9.15. The summed E-state index contributed by atoms with van der Waals surface area (Å²) in [6, 6.07) is 13.4. The van der Waals surface area contributed by atoms with Crippen LogP contribution in [0.25, 0.3) is 0 Å². The molecule has 2 aliphatic rings. The van der Waals surface area contributed by atoms with E-state index in [-0.39, 0.29) is 31.6 Å². The Morgan fingerprint density at radius 2 is 2.07 bits per heavy atom. The Balaban J connectivity index is 1.21. The Labute approximate surface area is 174 Å². The fourth-order valence-corrected chi connectivity index (χ4v) is 3.70. The predicted molar refractivity (Wildman–Crippen MR) is 111 cm³/mol. The van der Waals surface area contributed by atoms with Crippen LogP contribution in [0.3, 0.4) is 0 Å². The van der Waals surface area contributed by atoms with E-state index in [2.05, 4.69) is 27.7 Å². The van der Waals surface area contributed by atoms with Crippen molar-refractivity contribution in [2.75, 3.05) is 38.2 Å². The van der Waals surface area contributed by atoms with Gasteiger partial charge in [-0.1, -0.05) is 30.3 Å². The number of β-amino-alcohol motifs (C(OH)–C–C–N with tert-alkyl or cyclic N) is 1. The van der Waals surface area contributed by atoms with Gasteiger partial charge in [-0.25, -0.2) is 0 Å². The topological polar surface area (TPSA) is 100 Å². The number of hydrogen-bond donors (Lipinski definition) is 3. The van der Waals surface area contributed by atoms with Crippen LogP contribution in [0.1, 0.15) is 11.1 Å². The van der Waals surface area contributed by atoms with Gasteiger partial charge in [-0.3, -0.25) is 14.5 Å². The number of fused-ring (bicyclic) bond motifs is 2. The largest absolute Gasteiger partial charge is 0.480 e. The van der Waals surface area contributed by atoms with Crippen LogP contribution >= 0.6 is 0 Å². The number of aliphatic hydroxyl groups excluding tert-OH is 1. The second-order valence-corrected chi connectivity index (χ2v) is 7.47. The van der Waals surface area contributed by atoms with Gasteiger partial charge in [0.2, 0.25) is 0 Å². The molecule has 0 bridgehead atoms. The summed E-state index contributed by atoms with van der Waals surface area (Å²) in [5.41, 5.74) is 3.17. The maximum Gasteiger partial charge on any atom is 0.262 e. The quantitative estimate of drug-likeness (QED) is 0.627. The van der Waals surface area contributed by atoms with Crippen LogP contribution < -0.4 is 20.1 Å². The first-order valence-electron chi connectivity index (χ1n) is 10.0. The Morgan fingerprint density at radius 1 is 1.23 bits per heavy atom. The van der Waals surface area contributed by atoms with E-state index in [9.17, 15) is 14.7 Å². The summed E-state index contributed by atoms with van der Waals surface area (Å²) < 4.78 is 10.9. The predicted octanol–water partition coefficient (Wildman–Crippen LogP) is 0.932. The van der Waals surface area contributed by atoms with E-state index >= 15 is 0 Å². The number of aliphatic hydroxyl groups is 1. The van der Waals surface area contributed by atoms with Crippen LogP contribution in [0.5, 0.6) is 11.5 Å². The summed E-state index contributed by atoms with van der Waals surface area (Å²) in [5.74, 6) is 0.226. The number of carbonyl (C=O) groups is 2. The number of amides is 2. The van der Waals surface area contributed by atoms with E-state index in [1.807, 2.05) is 12.1 Å². The second-order valence-electron chi connectivity index (χ2n) is 7.47. The maximum absolute atomic E-state index is 12.1. The van der Waals surface area contributed by atoms with Crippen molar-refractivity contribution in [3.05, 3.63) is 53.6 Å². The van der Waals surface area contributed by atoms with E-state index in [4.69, 9.17) is 9.47 Å². The number of carbonyl (C=O) groups excluding carboxylic acids is 2. The molecule has 1 unspecified atom stereocenters. The number of ether oxygens (including phenoxy) is 2. The van der Waals surface area contributed by atoms with Crippen LogP contribution in [0.15, 0.2) is 42.5 Å². The molecule has 2 aromatic rings. The van der Waals surface area contributed by atoms with Crippen LogP contribution in [-0.4, -0.2) is 60.8 Å². The standard InChI is InChI=1S/C22H25N3O5/c26-17(12-25-9-8-15-4-1-2-5-16(15)11-25)10-23-20(27)13-29-19-7-3-6-18-22(19)30-14-21(28)24-18/h1-7,17,26H,8-14H2,(H,23,27)(H,24,28). The minimum atomic E-state index is -0.665. The summed E-state index contributed by atoms with van der Waals surface area (Å²) in [4.78, 5) is 25.7. The summed E-state index contributed by atoms with van der Waals surface area (Å²) in [6.07, 6.45) is 0.301. The van der Waals surface area contributed by atoms with Crippen molar-refractivity contribution in [3.63, 3.8) is 0 Å². The molecule has 30 heavy (non-hydrogen) atoms. The molecule has 0 saturated heterocycles. The molecule has 0 spiro atoms. The van der Waals surface area contributed by atoms with Crippen molar-refractivity contribution in [1.82, 2.24) is 10.2 Å². The highest BCUT2D eigenvalue weighted by atomic mass is 16.5. The molecule has 8 heteroatoms. The molecule has 158 valence electrons. The van der Waals surface area contributed by atoms with Crippen molar-refractivity contribution in [3.8, 4) is 11.5 Å². The van der Waals surface area contributed by atoms with Crippen LogP contribution in [0.2, 0.25) is 0 Å². The third-order valence-corrected chi connectivity index (χ3v) is 5.17. The fraction of sp³-hybridized carbons (Fsp3) is 0.364. The molecule has 2 aliphatic heterocycles. The molecule has 4 rings (SSSR count). The average molecular weight is 411 g/mol. The van der Waals surface area contributed by atoms with Crippen molar-refractivity contribution < 1.29 is 24.2 Å². The van der Waals surface area contributed by atoms with Gasteiger partial charge in [0.15, 0.2) is 24.7 Å². The lowest BCUT2D eigenvalue weighted by molar-refractivity contribution is -0.123. The van der Waals surface area contributed by atoms with E-state index < -0.39 is 6.10 Å². The zero-order valence-electron chi connectivity index (χ0n) is 16.6. The number of rotatable bonds is 7. The van der Waals surface area contributed by atoms with Crippen molar-refractivity contribution in [2.45, 2.75) is 19.1 Å². The van der Waals surface area contributed by atoms with E-state index in [0.717, 1.165) is 19.5 Å². The molecule has 1 atom stereocenters. The van der Waals surface area contributed by atoms with Gasteiger partial charge in [-0.15, -0.1) is 0 Å². The normalized spacial score (nSPS) is 16.5. The first kappa shape index (κ1) is 20.2. The van der Waals surface area contributed by atoms with Gasteiger partial charge < -0.3 is 25.2 Å². The third-order valence-electron chi connectivity index (χ3n) is 5.17.